The number of ether oxygens (including phenoxy) is 1. The SMILES string of the molecule is CCC(=O)NCc1c(OC)cc2cc[nH]n2c1=O. The van der Waals surface area contributed by atoms with Crippen LogP contribution in [0.3, 0.4) is 0 Å². The molecule has 2 rings (SSSR count). The average molecular weight is 249 g/mol. The van der Waals surface area contributed by atoms with Crippen molar-refractivity contribution in [2.24, 2.45) is 0 Å². The molecule has 2 aromatic heterocycles. The van der Waals surface area contributed by atoms with Gasteiger partial charge in [-0.2, -0.15) is 0 Å². The Kier molecular flexibility index (Phi) is 3.36. The van der Waals surface area contributed by atoms with E-state index in [0.29, 0.717) is 17.7 Å². The van der Waals surface area contributed by atoms with Crippen LogP contribution in [0.1, 0.15) is 18.9 Å². The summed E-state index contributed by atoms with van der Waals surface area (Å²) in [5.41, 5.74) is 0.937. The molecule has 0 atom stereocenters. The number of hydrogen-bond acceptors (Lipinski definition) is 3. The van der Waals surface area contributed by atoms with Gasteiger partial charge in [-0.05, 0) is 6.07 Å². The molecule has 0 aromatic carbocycles. The van der Waals surface area contributed by atoms with Gasteiger partial charge in [-0.1, -0.05) is 6.92 Å². The van der Waals surface area contributed by atoms with Gasteiger partial charge in [0.05, 0.1) is 24.7 Å². The zero-order chi connectivity index (χ0) is 13.1. The molecule has 0 spiro atoms. The van der Waals surface area contributed by atoms with E-state index in [9.17, 15) is 9.59 Å². The number of amides is 1. The van der Waals surface area contributed by atoms with E-state index < -0.39 is 0 Å². The van der Waals surface area contributed by atoms with Gasteiger partial charge in [-0.15, -0.1) is 0 Å². The fraction of sp³-hybridized carbons (Fsp3) is 0.333. The summed E-state index contributed by atoms with van der Waals surface area (Å²) in [6.07, 6.45) is 2.05. The molecule has 0 radical (unpaired) electrons. The number of rotatable bonds is 4. The Morgan fingerprint density at radius 1 is 1.56 bits per heavy atom. The van der Waals surface area contributed by atoms with Gasteiger partial charge < -0.3 is 10.1 Å². The third kappa shape index (κ3) is 2.09. The maximum Gasteiger partial charge on any atom is 0.278 e. The molecule has 0 bridgehead atoms. The Labute approximate surface area is 104 Å². The molecule has 0 saturated carbocycles. The normalized spacial score (nSPS) is 10.6. The molecule has 6 nitrogen and oxygen atoms in total. The van der Waals surface area contributed by atoms with Crippen LogP contribution < -0.4 is 15.6 Å². The van der Waals surface area contributed by atoms with Crippen LogP contribution in [0.25, 0.3) is 5.52 Å². The molecule has 1 amide bonds. The zero-order valence-corrected chi connectivity index (χ0v) is 10.3. The van der Waals surface area contributed by atoms with Gasteiger partial charge >= 0.3 is 0 Å². The van der Waals surface area contributed by atoms with E-state index >= 15 is 0 Å². The molecule has 2 aromatic rings. The minimum absolute atomic E-state index is 0.104. The van der Waals surface area contributed by atoms with E-state index in [1.807, 2.05) is 0 Å². The molecular weight excluding hydrogens is 234 g/mol. The summed E-state index contributed by atoms with van der Waals surface area (Å²) in [6, 6.07) is 3.53. The molecular formula is C12H15N3O3. The van der Waals surface area contributed by atoms with Crippen LogP contribution in [0.5, 0.6) is 5.75 Å². The number of nitrogens with zero attached hydrogens (tertiary/aromatic N) is 1. The summed E-state index contributed by atoms with van der Waals surface area (Å²) in [4.78, 5) is 23.4. The van der Waals surface area contributed by atoms with Crippen LogP contribution >= 0.6 is 0 Å². The monoisotopic (exact) mass is 249 g/mol. The largest absolute Gasteiger partial charge is 0.496 e. The molecule has 0 aliphatic rings. The number of methoxy groups -OCH3 is 1. The van der Waals surface area contributed by atoms with Crippen molar-refractivity contribution in [1.82, 2.24) is 14.9 Å². The number of carbonyl (C=O) groups excluding carboxylic acids is 1. The summed E-state index contributed by atoms with van der Waals surface area (Å²) in [5, 5.41) is 5.49. The van der Waals surface area contributed by atoms with Gasteiger partial charge in [0.15, 0.2) is 0 Å². The van der Waals surface area contributed by atoms with Crippen LogP contribution in [0.4, 0.5) is 0 Å². The van der Waals surface area contributed by atoms with Crippen LogP contribution in [0.2, 0.25) is 0 Å². The lowest BCUT2D eigenvalue weighted by molar-refractivity contribution is -0.120. The first-order valence-electron chi connectivity index (χ1n) is 5.70. The first kappa shape index (κ1) is 12.2. The van der Waals surface area contributed by atoms with Gasteiger partial charge in [-0.25, -0.2) is 4.52 Å². The van der Waals surface area contributed by atoms with E-state index in [2.05, 4.69) is 10.4 Å². The van der Waals surface area contributed by atoms with Crippen molar-refractivity contribution in [2.75, 3.05) is 7.11 Å². The van der Waals surface area contributed by atoms with Crippen molar-refractivity contribution in [1.29, 1.82) is 0 Å². The predicted octanol–water partition coefficient (Wildman–Crippen LogP) is 0.662. The maximum absolute atomic E-state index is 12.2. The number of carbonyl (C=O) groups is 1. The van der Waals surface area contributed by atoms with Crippen LogP contribution in [-0.4, -0.2) is 22.6 Å². The third-order valence-electron chi connectivity index (χ3n) is 2.76. The number of fused-ring (bicyclic) bond motifs is 1. The second-order valence-corrected chi connectivity index (χ2v) is 3.85. The Morgan fingerprint density at radius 3 is 3.00 bits per heavy atom. The first-order valence-corrected chi connectivity index (χ1v) is 5.70. The summed E-state index contributed by atoms with van der Waals surface area (Å²) >= 11 is 0. The summed E-state index contributed by atoms with van der Waals surface area (Å²) in [6.45, 7) is 1.92. The van der Waals surface area contributed by atoms with Crippen molar-refractivity contribution in [3.8, 4) is 5.75 Å². The molecule has 2 heterocycles. The van der Waals surface area contributed by atoms with Crippen molar-refractivity contribution >= 4 is 11.4 Å². The predicted molar refractivity (Wildman–Crippen MR) is 66.7 cm³/mol. The Balaban J connectivity index is 2.43. The quantitative estimate of drug-likeness (QED) is 0.836. The number of pyridine rings is 1. The van der Waals surface area contributed by atoms with Crippen molar-refractivity contribution in [3.05, 3.63) is 34.2 Å². The van der Waals surface area contributed by atoms with Gasteiger partial charge in [0.25, 0.3) is 5.56 Å². The van der Waals surface area contributed by atoms with Crippen molar-refractivity contribution in [2.45, 2.75) is 19.9 Å². The Morgan fingerprint density at radius 2 is 2.33 bits per heavy atom. The van der Waals surface area contributed by atoms with E-state index in [4.69, 9.17) is 4.74 Å². The number of aromatic amines is 1. The average Bonchev–Trinajstić information content (AvgIpc) is 2.85. The highest BCUT2D eigenvalue weighted by Crippen LogP contribution is 2.16. The maximum atomic E-state index is 12.2. The molecule has 6 heteroatoms. The Hall–Kier alpha value is -2.24. The molecule has 18 heavy (non-hydrogen) atoms. The molecule has 0 aliphatic heterocycles. The highest BCUT2D eigenvalue weighted by Gasteiger charge is 2.12. The third-order valence-corrected chi connectivity index (χ3v) is 2.76. The van der Waals surface area contributed by atoms with E-state index in [0.717, 1.165) is 5.52 Å². The standard InChI is InChI=1S/C12H15N3O3/c1-3-11(16)13-7-9-10(18-2)6-8-4-5-14-15(8)12(9)17/h4-6,14H,3,7H2,1-2H3,(H,13,16). The molecule has 0 fully saturated rings. The summed E-state index contributed by atoms with van der Waals surface area (Å²) in [7, 11) is 1.50. The van der Waals surface area contributed by atoms with Gasteiger partial charge in [0.1, 0.15) is 5.75 Å². The zero-order valence-electron chi connectivity index (χ0n) is 10.3. The van der Waals surface area contributed by atoms with Crippen molar-refractivity contribution < 1.29 is 9.53 Å². The van der Waals surface area contributed by atoms with Crippen LogP contribution in [0.15, 0.2) is 23.1 Å². The second-order valence-electron chi connectivity index (χ2n) is 3.85. The van der Waals surface area contributed by atoms with Crippen LogP contribution in [-0.2, 0) is 11.3 Å². The smallest absolute Gasteiger partial charge is 0.278 e. The lowest BCUT2D eigenvalue weighted by atomic mass is 10.2. The van der Waals surface area contributed by atoms with Crippen molar-refractivity contribution in [3.63, 3.8) is 0 Å². The number of H-pyrrole nitrogens is 1. The Bertz CT molecular complexity index is 627. The van der Waals surface area contributed by atoms with Gasteiger partial charge in [0, 0.05) is 18.7 Å². The first-order chi connectivity index (χ1) is 8.67. The molecule has 0 aliphatic carbocycles. The minimum Gasteiger partial charge on any atom is -0.496 e. The van der Waals surface area contributed by atoms with Crippen LogP contribution in [0, 0.1) is 0 Å². The highest BCUT2D eigenvalue weighted by atomic mass is 16.5. The summed E-state index contributed by atoms with van der Waals surface area (Å²) < 4.78 is 6.60. The lowest BCUT2D eigenvalue weighted by Crippen LogP contribution is -2.28. The van der Waals surface area contributed by atoms with Gasteiger partial charge in [0.2, 0.25) is 5.91 Å². The van der Waals surface area contributed by atoms with E-state index in [-0.39, 0.29) is 18.0 Å². The van der Waals surface area contributed by atoms with E-state index in [1.165, 1.54) is 11.6 Å². The number of hydrogen-bond donors (Lipinski definition) is 2. The summed E-state index contributed by atoms with van der Waals surface area (Å²) in [5.74, 6) is 0.379. The molecule has 0 unspecified atom stereocenters. The minimum atomic E-state index is -0.217. The molecule has 96 valence electrons. The lowest BCUT2D eigenvalue weighted by Gasteiger charge is -2.09. The van der Waals surface area contributed by atoms with E-state index in [1.54, 1.807) is 25.3 Å². The number of nitrogens with one attached hydrogen (secondary N) is 2. The molecule has 2 N–H and O–H groups in total. The molecule has 0 saturated heterocycles. The highest BCUT2D eigenvalue weighted by molar-refractivity contribution is 5.75. The fourth-order valence-electron chi connectivity index (χ4n) is 1.75. The van der Waals surface area contributed by atoms with Gasteiger partial charge in [-0.3, -0.25) is 14.7 Å². The topological polar surface area (TPSA) is 75.6 Å². The second kappa shape index (κ2) is 4.95. The number of aromatic nitrogens is 2. The fourth-order valence-corrected chi connectivity index (χ4v) is 1.75.